The second-order valence-electron chi connectivity index (χ2n) is 6.05. The quantitative estimate of drug-likeness (QED) is 0.827. The number of carbonyl (C=O) groups is 2. The van der Waals surface area contributed by atoms with Gasteiger partial charge < -0.3 is 10.6 Å². The molecule has 2 aromatic rings. The number of carbonyl (C=O) groups excluding carboxylic acids is 2. The molecule has 1 aromatic carbocycles. The smallest absolute Gasteiger partial charge is 0.246 e. The van der Waals surface area contributed by atoms with Crippen molar-refractivity contribution in [2.24, 2.45) is 11.7 Å². The number of hydrogen-bond donors (Lipinski definition) is 1. The van der Waals surface area contributed by atoms with Crippen LogP contribution >= 0.6 is 22.9 Å². The zero-order valence-corrected chi connectivity index (χ0v) is 15.2. The maximum absolute atomic E-state index is 12.3. The lowest BCUT2D eigenvalue weighted by atomic mass is 9.96. The second-order valence-corrected chi connectivity index (χ2v) is 7.60. The SMILES string of the molecule is NC(=O)C1CCN(C(=O)C=Cc2ccc(-c3cccc(Cl)c3)s2)CC1. The van der Waals surface area contributed by atoms with E-state index in [0.29, 0.717) is 31.0 Å². The molecule has 0 aliphatic carbocycles. The lowest BCUT2D eigenvalue weighted by Gasteiger charge is -2.29. The van der Waals surface area contributed by atoms with E-state index >= 15 is 0 Å². The van der Waals surface area contributed by atoms with Crippen LogP contribution in [0.3, 0.4) is 0 Å². The standard InChI is InChI=1S/C19H19ClN2O2S/c20-15-3-1-2-14(12-15)17-6-4-16(25-17)5-7-18(23)22-10-8-13(9-11-22)19(21)24/h1-7,12-13H,8-11H2,(H2,21,24). The van der Waals surface area contributed by atoms with Crippen molar-refractivity contribution in [1.82, 2.24) is 4.90 Å². The van der Waals surface area contributed by atoms with Crippen molar-refractivity contribution in [1.29, 1.82) is 0 Å². The molecule has 6 heteroatoms. The molecule has 0 atom stereocenters. The summed E-state index contributed by atoms with van der Waals surface area (Å²) in [6.45, 7) is 1.16. The van der Waals surface area contributed by atoms with Crippen LogP contribution in [0.25, 0.3) is 16.5 Å². The molecule has 0 radical (unpaired) electrons. The van der Waals surface area contributed by atoms with Crippen molar-refractivity contribution in [3.05, 3.63) is 52.4 Å². The highest BCUT2D eigenvalue weighted by Crippen LogP contribution is 2.30. The van der Waals surface area contributed by atoms with Gasteiger partial charge in [-0.05, 0) is 48.7 Å². The summed E-state index contributed by atoms with van der Waals surface area (Å²) in [7, 11) is 0. The molecular weight excluding hydrogens is 356 g/mol. The molecule has 3 rings (SSSR count). The van der Waals surface area contributed by atoms with E-state index in [1.54, 1.807) is 22.3 Å². The van der Waals surface area contributed by atoms with Crippen LogP contribution in [-0.2, 0) is 9.59 Å². The summed E-state index contributed by atoms with van der Waals surface area (Å²) < 4.78 is 0. The molecular formula is C19H19ClN2O2S. The van der Waals surface area contributed by atoms with Crippen molar-refractivity contribution in [2.75, 3.05) is 13.1 Å². The zero-order valence-electron chi connectivity index (χ0n) is 13.7. The minimum Gasteiger partial charge on any atom is -0.369 e. The number of primary amides is 1. The van der Waals surface area contributed by atoms with Crippen molar-refractivity contribution in [2.45, 2.75) is 12.8 Å². The number of halogens is 1. The van der Waals surface area contributed by atoms with Crippen molar-refractivity contribution >= 4 is 40.8 Å². The van der Waals surface area contributed by atoms with E-state index in [9.17, 15) is 9.59 Å². The van der Waals surface area contributed by atoms with Crippen LogP contribution in [0.1, 0.15) is 17.7 Å². The molecule has 130 valence electrons. The predicted octanol–water partition coefficient (Wildman–Crippen LogP) is 3.81. The Morgan fingerprint density at radius 2 is 1.96 bits per heavy atom. The third-order valence-electron chi connectivity index (χ3n) is 4.34. The maximum atomic E-state index is 12.3. The summed E-state index contributed by atoms with van der Waals surface area (Å²) >= 11 is 7.64. The molecule has 1 aliphatic rings. The molecule has 2 N–H and O–H groups in total. The van der Waals surface area contributed by atoms with Gasteiger partial charge in [-0.15, -0.1) is 11.3 Å². The maximum Gasteiger partial charge on any atom is 0.246 e. The van der Waals surface area contributed by atoms with Gasteiger partial charge in [0, 0.05) is 39.9 Å². The predicted molar refractivity (Wildman–Crippen MR) is 102 cm³/mol. The molecule has 2 heterocycles. The van der Waals surface area contributed by atoms with E-state index in [1.807, 2.05) is 42.5 Å². The largest absolute Gasteiger partial charge is 0.369 e. The lowest BCUT2D eigenvalue weighted by Crippen LogP contribution is -2.41. The van der Waals surface area contributed by atoms with E-state index < -0.39 is 0 Å². The van der Waals surface area contributed by atoms with E-state index in [-0.39, 0.29) is 17.7 Å². The summed E-state index contributed by atoms with van der Waals surface area (Å²) in [5.74, 6) is -0.402. The van der Waals surface area contributed by atoms with E-state index in [2.05, 4.69) is 0 Å². The Balaban J connectivity index is 1.61. The Kier molecular flexibility index (Phi) is 5.56. The Labute approximate surface area is 155 Å². The molecule has 1 saturated heterocycles. The van der Waals surface area contributed by atoms with Crippen LogP contribution in [0, 0.1) is 5.92 Å². The summed E-state index contributed by atoms with van der Waals surface area (Å²) in [6, 6.07) is 11.7. The highest BCUT2D eigenvalue weighted by Gasteiger charge is 2.24. The summed E-state index contributed by atoms with van der Waals surface area (Å²) in [5.41, 5.74) is 6.39. The Morgan fingerprint density at radius 3 is 2.64 bits per heavy atom. The molecule has 2 amide bonds. The van der Waals surface area contributed by atoms with Gasteiger partial charge in [0.25, 0.3) is 0 Å². The molecule has 0 saturated carbocycles. The number of hydrogen-bond acceptors (Lipinski definition) is 3. The Hall–Kier alpha value is -2.11. The highest BCUT2D eigenvalue weighted by molar-refractivity contribution is 7.16. The molecule has 25 heavy (non-hydrogen) atoms. The van der Waals surface area contributed by atoms with Gasteiger partial charge in [0.2, 0.25) is 11.8 Å². The molecule has 4 nitrogen and oxygen atoms in total. The van der Waals surface area contributed by atoms with Crippen LogP contribution < -0.4 is 5.73 Å². The van der Waals surface area contributed by atoms with Gasteiger partial charge in [-0.25, -0.2) is 0 Å². The van der Waals surface area contributed by atoms with Crippen molar-refractivity contribution in [3.8, 4) is 10.4 Å². The number of benzene rings is 1. The Morgan fingerprint density at radius 1 is 1.20 bits per heavy atom. The Bertz CT molecular complexity index is 807. The fourth-order valence-corrected chi connectivity index (χ4v) is 3.98. The van der Waals surface area contributed by atoms with Gasteiger partial charge >= 0.3 is 0 Å². The van der Waals surface area contributed by atoms with Crippen molar-refractivity contribution < 1.29 is 9.59 Å². The van der Waals surface area contributed by atoms with Gasteiger partial charge in [-0.2, -0.15) is 0 Å². The molecule has 1 aliphatic heterocycles. The number of rotatable bonds is 4. The number of thiophene rings is 1. The summed E-state index contributed by atoms with van der Waals surface area (Å²) in [4.78, 5) is 27.3. The van der Waals surface area contributed by atoms with Crippen molar-refractivity contribution in [3.63, 3.8) is 0 Å². The summed E-state index contributed by atoms with van der Waals surface area (Å²) in [6.07, 6.45) is 4.72. The first-order chi connectivity index (χ1) is 12.0. The molecule has 0 unspecified atom stereocenters. The summed E-state index contributed by atoms with van der Waals surface area (Å²) in [5, 5.41) is 0.706. The number of amides is 2. The van der Waals surface area contributed by atoms with Crippen LogP contribution in [0.4, 0.5) is 0 Å². The normalized spacial score (nSPS) is 15.6. The second kappa shape index (κ2) is 7.85. The topological polar surface area (TPSA) is 63.4 Å². The third-order valence-corrected chi connectivity index (χ3v) is 5.67. The fourth-order valence-electron chi connectivity index (χ4n) is 2.88. The third kappa shape index (κ3) is 4.50. The number of piperidine rings is 1. The van der Waals surface area contributed by atoms with E-state index in [4.69, 9.17) is 17.3 Å². The highest BCUT2D eigenvalue weighted by atomic mass is 35.5. The van der Waals surface area contributed by atoms with Gasteiger partial charge in [0.1, 0.15) is 0 Å². The average Bonchev–Trinajstić information content (AvgIpc) is 3.09. The van der Waals surface area contributed by atoms with E-state index in [0.717, 1.165) is 15.3 Å². The minimum atomic E-state index is -0.269. The first-order valence-electron chi connectivity index (χ1n) is 8.15. The fraction of sp³-hybridized carbons (Fsp3) is 0.263. The van der Waals surface area contributed by atoms with Gasteiger partial charge in [-0.3, -0.25) is 9.59 Å². The van der Waals surface area contributed by atoms with Gasteiger partial charge in [0.15, 0.2) is 0 Å². The molecule has 0 spiro atoms. The van der Waals surface area contributed by atoms with Gasteiger partial charge in [-0.1, -0.05) is 23.7 Å². The molecule has 1 fully saturated rings. The molecule has 0 bridgehead atoms. The number of likely N-dealkylation sites (tertiary alicyclic amines) is 1. The monoisotopic (exact) mass is 374 g/mol. The lowest BCUT2D eigenvalue weighted by molar-refractivity contribution is -0.130. The molecule has 1 aromatic heterocycles. The zero-order chi connectivity index (χ0) is 17.8. The van der Waals surface area contributed by atoms with Gasteiger partial charge in [0.05, 0.1) is 0 Å². The first kappa shape index (κ1) is 17.7. The first-order valence-corrected chi connectivity index (χ1v) is 9.34. The minimum absolute atomic E-state index is 0.0272. The van der Waals surface area contributed by atoms with E-state index in [1.165, 1.54) is 0 Å². The van der Waals surface area contributed by atoms with Crippen LogP contribution in [0.2, 0.25) is 5.02 Å². The van der Waals surface area contributed by atoms with Crippen LogP contribution in [0.15, 0.2) is 42.5 Å². The number of nitrogens with zero attached hydrogens (tertiary/aromatic N) is 1. The average molecular weight is 375 g/mol. The van der Waals surface area contributed by atoms with Crippen LogP contribution in [0.5, 0.6) is 0 Å². The number of nitrogens with two attached hydrogens (primary N) is 1. The van der Waals surface area contributed by atoms with Crippen LogP contribution in [-0.4, -0.2) is 29.8 Å².